The van der Waals surface area contributed by atoms with Crippen molar-refractivity contribution in [1.82, 2.24) is 10.5 Å². The number of sulfone groups is 1. The van der Waals surface area contributed by atoms with Gasteiger partial charge >= 0.3 is 0 Å². The summed E-state index contributed by atoms with van der Waals surface area (Å²) in [5, 5.41) is 8.57. The van der Waals surface area contributed by atoms with Crippen molar-refractivity contribution in [3.05, 3.63) is 42.2 Å². The first-order valence-corrected chi connectivity index (χ1v) is 9.24. The zero-order valence-corrected chi connectivity index (χ0v) is 14.7. The molecule has 1 aromatic heterocycles. The number of hydrogen-bond acceptors (Lipinski definition) is 6. The molecule has 2 N–H and O–H groups in total. The van der Waals surface area contributed by atoms with E-state index in [0.717, 1.165) is 0 Å². The monoisotopic (exact) mass is 365 g/mol. The van der Waals surface area contributed by atoms with Gasteiger partial charge in [-0.05, 0) is 26.0 Å². The van der Waals surface area contributed by atoms with Crippen molar-refractivity contribution in [3.63, 3.8) is 0 Å². The van der Waals surface area contributed by atoms with Gasteiger partial charge in [-0.2, -0.15) is 0 Å². The van der Waals surface area contributed by atoms with Crippen molar-refractivity contribution in [3.8, 4) is 0 Å². The second-order valence-electron chi connectivity index (χ2n) is 5.48. The Balaban J connectivity index is 1.84. The minimum absolute atomic E-state index is 0.162. The zero-order valence-electron chi connectivity index (χ0n) is 13.9. The van der Waals surface area contributed by atoms with Crippen LogP contribution in [0.2, 0.25) is 0 Å². The van der Waals surface area contributed by atoms with Crippen molar-refractivity contribution in [1.29, 1.82) is 0 Å². The summed E-state index contributed by atoms with van der Waals surface area (Å²) in [5.41, 5.74) is 0. The van der Waals surface area contributed by atoms with Gasteiger partial charge in [-0.25, -0.2) is 8.42 Å². The molecule has 2 rings (SSSR count). The third-order valence-electron chi connectivity index (χ3n) is 3.35. The Kier molecular flexibility index (Phi) is 5.92. The largest absolute Gasteiger partial charge is 0.360 e. The van der Waals surface area contributed by atoms with E-state index in [1.807, 2.05) is 0 Å². The fraction of sp³-hybridized carbons (Fsp3) is 0.312. The maximum absolute atomic E-state index is 12.1. The number of hydrogen-bond donors (Lipinski definition) is 2. The van der Waals surface area contributed by atoms with Gasteiger partial charge in [0.25, 0.3) is 0 Å². The molecule has 1 aromatic carbocycles. The van der Waals surface area contributed by atoms with Gasteiger partial charge in [0.15, 0.2) is 15.7 Å². The van der Waals surface area contributed by atoms with Gasteiger partial charge in [-0.1, -0.05) is 23.4 Å². The van der Waals surface area contributed by atoms with E-state index in [4.69, 9.17) is 4.52 Å². The maximum atomic E-state index is 12.1. The number of benzene rings is 1. The summed E-state index contributed by atoms with van der Waals surface area (Å²) in [6.07, 6.45) is -0.238. The topological polar surface area (TPSA) is 118 Å². The number of nitrogens with one attached hydrogen (secondary N) is 2. The normalized spacial score (nSPS) is 12.4. The minimum Gasteiger partial charge on any atom is -0.360 e. The first-order valence-electron chi connectivity index (χ1n) is 7.59. The quantitative estimate of drug-likeness (QED) is 0.763. The van der Waals surface area contributed by atoms with Crippen LogP contribution in [0.4, 0.5) is 5.82 Å². The van der Waals surface area contributed by atoms with Crippen LogP contribution in [-0.2, 0) is 19.4 Å². The molecule has 0 radical (unpaired) electrons. The molecule has 25 heavy (non-hydrogen) atoms. The average Bonchev–Trinajstić information content (AvgIpc) is 2.98. The van der Waals surface area contributed by atoms with Gasteiger partial charge in [0.05, 0.1) is 10.6 Å². The first-order chi connectivity index (χ1) is 11.8. The van der Waals surface area contributed by atoms with Gasteiger partial charge in [0, 0.05) is 12.5 Å². The summed E-state index contributed by atoms with van der Waals surface area (Å²) >= 11 is 0. The molecule has 0 aliphatic rings. The molecular formula is C16H19N3O5S. The Hall–Kier alpha value is -2.68. The Morgan fingerprint density at radius 3 is 2.52 bits per heavy atom. The molecule has 1 atom stereocenters. The predicted octanol–water partition coefficient (Wildman–Crippen LogP) is 1.29. The van der Waals surface area contributed by atoms with Crippen LogP contribution in [0.15, 0.2) is 45.8 Å². The van der Waals surface area contributed by atoms with Crippen LogP contribution < -0.4 is 10.6 Å². The highest BCUT2D eigenvalue weighted by Gasteiger charge is 2.20. The van der Waals surface area contributed by atoms with Crippen LogP contribution in [0.1, 0.15) is 19.1 Å². The second kappa shape index (κ2) is 7.93. The van der Waals surface area contributed by atoms with Crippen LogP contribution in [0.5, 0.6) is 0 Å². The second-order valence-corrected chi connectivity index (χ2v) is 7.59. The SMILES string of the molecule is Cc1cc(NC(=O)[C@@H](C)NC(=O)CCS(=O)(=O)c2ccccc2)no1. The Labute approximate surface area is 145 Å². The lowest BCUT2D eigenvalue weighted by Gasteiger charge is -2.13. The maximum Gasteiger partial charge on any atom is 0.247 e. The van der Waals surface area contributed by atoms with Crippen molar-refractivity contribution >= 4 is 27.5 Å². The Bertz CT molecular complexity index is 846. The molecule has 0 aliphatic heterocycles. The predicted molar refractivity (Wildman–Crippen MR) is 90.6 cm³/mol. The van der Waals surface area contributed by atoms with E-state index >= 15 is 0 Å². The number of rotatable bonds is 7. The highest BCUT2D eigenvalue weighted by molar-refractivity contribution is 7.91. The average molecular weight is 365 g/mol. The smallest absolute Gasteiger partial charge is 0.247 e. The van der Waals surface area contributed by atoms with Crippen LogP contribution >= 0.6 is 0 Å². The molecule has 0 spiro atoms. The standard InChI is InChI=1S/C16H19N3O5S/c1-11-10-14(19-24-11)18-16(21)12(2)17-15(20)8-9-25(22,23)13-6-4-3-5-7-13/h3-7,10,12H,8-9H2,1-2H3,(H,17,20)(H,18,19,21)/t12-/m1/s1. The van der Waals surface area contributed by atoms with Gasteiger partial charge in [0.1, 0.15) is 11.8 Å². The molecule has 0 aliphatic carbocycles. The van der Waals surface area contributed by atoms with Crippen molar-refractivity contribution in [2.75, 3.05) is 11.1 Å². The number of aryl methyl sites for hydroxylation is 1. The summed E-state index contributed by atoms with van der Waals surface area (Å²) in [6.45, 7) is 3.17. The van der Waals surface area contributed by atoms with Crippen LogP contribution in [-0.4, -0.2) is 37.2 Å². The molecule has 0 saturated heterocycles. The molecule has 0 unspecified atom stereocenters. The van der Waals surface area contributed by atoms with E-state index < -0.39 is 27.7 Å². The number of carbonyl (C=O) groups excluding carboxylic acids is 2. The van der Waals surface area contributed by atoms with Gasteiger partial charge < -0.3 is 15.2 Å². The number of nitrogens with zero attached hydrogens (tertiary/aromatic N) is 1. The summed E-state index contributed by atoms with van der Waals surface area (Å²) in [6, 6.07) is 8.59. The molecule has 2 amide bonds. The molecule has 0 bridgehead atoms. The van der Waals surface area contributed by atoms with E-state index in [0.29, 0.717) is 5.76 Å². The van der Waals surface area contributed by atoms with E-state index in [-0.39, 0.29) is 22.9 Å². The van der Waals surface area contributed by atoms with Crippen molar-refractivity contribution in [2.45, 2.75) is 31.2 Å². The molecule has 0 fully saturated rings. The Morgan fingerprint density at radius 2 is 1.92 bits per heavy atom. The third-order valence-corrected chi connectivity index (χ3v) is 5.08. The third kappa shape index (κ3) is 5.42. The molecule has 134 valence electrons. The fourth-order valence-corrected chi connectivity index (χ4v) is 3.27. The zero-order chi connectivity index (χ0) is 18.4. The number of anilines is 1. The van der Waals surface area contributed by atoms with Gasteiger partial charge in [-0.15, -0.1) is 0 Å². The van der Waals surface area contributed by atoms with Gasteiger partial charge in [-0.3, -0.25) is 9.59 Å². The molecular weight excluding hydrogens is 346 g/mol. The van der Waals surface area contributed by atoms with Crippen LogP contribution in [0, 0.1) is 6.92 Å². The van der Waals surface area contributed by atoms with E-state index in [9.17, 15) is 18.0 Å². The summed E-state index contributed by atoms with van der Waals surface area (Å²) < 4.78 is 29.1. The summed E-state index contributed by atoms with van der Waals surface area (Å²) in [4.78, 5) is 24.0. The number of carbonyl (C=O) groups is 2. The summed E-state index contributed by atoms with van der Waals surface area (Å²) in [5.74, 6) is -0.556. The first kappa shape index (κ1) is 18.7. The van der Waals surface area contributed by atoms with Crippen LogP contribution in [0.25, 0.3) is 0 Å². The molecule has 8 nitrogen and oxygen atoms in total. The highest BCUT2D eigenvalue weighted by Crippen LogP contribution is 2.11. The highest BCUT2D eigenvalue weighted by atomic mass is 32.2. The number of aromatic nitrogens is 1. The molecule has 1 heterocycles. The lowest BCUT2D eigenvalue weighted by molar-refractivity contribution is -0.125. The fourth-order valence-electron chi connectivity index (χ4n) is 2.01. The van der Waals surface area contributed by atoms with Crippen LogP contribution in [0.3, 0.4) is 0 Å². The van der Waals surface area contributed by atoms with E-state index in [2.05, 4.69) is 15.8 Å². The lowest BCUT2D eigenvalue weighted by atomic mass is 10.3. The molecule has 9 heteroatoms. The molecule has 0 saturated carbocycles. The van der Waals surface area contributed by atoms with E-state index in [1.165, 1.54) is 19.1 Å². The molecule has 2 aromatic rings. The van der Waals surface area contributed by atoms with Crippen molar-refractivity contribution in [2.24, 2.45) is 0 Å². The summed E-state index contributed by atoms with van der Waals surface area (Å²) in [7, 11) is -3.54. The number of amides is 2. The van der Waals surface area contributed by atoms with E-state index in [1.54, 1.807) is 31.2 Å². The van der Waals surface area contributed by atoms with Crippen molar-refractivity contribution < 1.29 is 22.5 Å². The Morgan fingerprint density at radius 1 is 1.24 bits per heavy atom. The van der Waals surface area contributed by atoms with Gasteiger partial charge in [0.2, 0.25) is 11.8 Å². The lowest BCUT2D eigenvalue weighted by Crippen LogP contribution is -2.42. The minimum atomic E-state index is -3.54.